The van der Waals surface area contributed by atoms with Gasteiger partial charge in [-0.1, -0.05) is 35.9 Å². The van der Waals surface area contributed by atoms with Crippen LogP contribution in [0.4, 0.5) is 4.39 Å². The average Bonchev–Trinajstić information content (AvgIpc) is 2.75. The number of amides is 1. The number of methoxy groups -OCH3 is 1. The fourth-order valence-corrected chi connectivity index (χ4v) is 2.71. The molecule has 3 aromatic carbocycles. The first-order chi connectivity index (χ1) is 14.5. The van der Waals surface area contributed by atoms with Crippen LogP contribution < -0.4 is 14.9 Å². The van der Waals surface area contributed by atoms with Crippen LogP contribution in [0.25, 0.3) is 0 Å². The van der Waals surface area contributed by atoms with E-state index < -0.39 is 17.7 Å². The molecule has 0 aromatic heterocycles. The lowest BCUT2D eigenvalue weighted by Crippen LogP contribution is -2.18. The fraction of sp³-hybridized carbons (Fsp3) is 0.0455. The van der Waals surface area contributed by atoms with E-state index in [-0.39, 0.29) is 27.6 Å². The van der Waals surface area contributed by atoms with Crippen molar-refractivity contribution in [2.75, 3.05) is 7.11 Å². The molecular formula is C22H16ClFN2O4. The lowest BCUT2D eigenvalue weighted by molar-refractivity contribution is 0.0729. The number of esters is 1. The zero-order valence-electron chi connectivity index (χ0n) is 15.8. The summed E-state index contributed by atoms with van der Waals surface area (Å²) < 4.78 is 24.2. The lowest BCUT2D eigenvalue weighted by Gasteiger charge is -2.10. The van der Waals surface area contributed by atoms with Gasteiger partial charge in [0.2, 0.25) is 0 Å². The van der Waals surface area contributed by atoms with Crippen LogP contribution in [0.2, 0.25) is 5.02 Å². The molecule has 0 saturated carbocycles. The molecule has 0 fully saturated rings. The molecule has 1 N–H and O–H groups in total. The zero-order chi connectivity index (χ0) is 21.5. The number of hydrogen-bond acceptors (Lipinski definition) is 5. The maximum absolute atomic E-state index is 13.6. The van der Waals surface area contributed by atoms with Crippen molar-refractivity contribution in [3.8, 4) is 11.5 Å². The third-order valence-electron chi connectivity index (χ3n) is 3.98. The first kappa shape index (κ1) is 21.0. The summed E-state index contributed by atoms with van der Waals surface area (Å²) in [7, 11) is 1.42. The van der Waals surface area contributed by atoms with Gasteiger partial charge in [-0.05, 0) is 48.0 Å². The van der Waals surface area contributed by atoms with E-state index >= 15 is 0 Å². The van der Waals surface area contributed by atoms with Crippen molar-refractivity contribution in [1.29, 1.82) is 0 Å². The highest BCUT2D eigenvalue weighted by atomic mass is 35.5. The van der Waals surface area contributed by atoms with Gasteiger partial charge in [0, 0.05) is 0 Å². The van der Waals surface area contributed by atoms with Crippen LogP contribution in [-0.2, 0) is 0 Å². The minimum atomic E-state index is -0.679. The second-order valence-corrected chi connectivity index (χ2v) is 6.37. The van der Waals surface area contributed by atoms with Crippen molar-refractivity contribution in [2.24, 2.45) is 5.10 Å². The van der Waals surface area contributed by atoms with Gasteiger partial charge in [0.05, 0.1) is 29.5 Å². The van der Waals surface area contributed by atoms with Crippen molar-refractivity contribution in [3.63, 3.8) is 0 Å². The van der Waals surface area contributed by atoms with E-state index in [4.69, 9.17) is 21.1 Å². The summed E-state index contributed by atoms with van der Waals surface area (Å²) >= 11 is 6.01. The first-order valence-corrected chi connectivity index (χ1v) is 9.10. The van der Waals surface area contributed by atoms with Gasteiger partial charge in [-0.2, -0.15) is 5.10 Å². The molecule has 0 bridgehead atoms. The van der Waals surface area contributed by atoms with Crippen molar-refractivity contribution in [3.05, 3.63) is 94.3 Å². The number of hydrogen-bond donors (Lipinski definition) is 1. The molecule has 8 heteroatoms. The first-order valence-electron chi connectivity index (χ1n) is 8.72. The largest absolute Gasteiger partial charge is 0.493 e. The van der Waals surface area contributed by atoms with Crippen molar-refractivity contribution in [2.45, 2.75) is 0 Å². The number of halogens is 2. The third kappa shape index (κ3) is 5.01. The monoisotopic (exact) mass is 426 g/mol. The summed E-state index contributed by atoms with van der Waals surface area (Å²) in [5, 5.41) is 4.09. The van der Waals surface area contributed by atoms with Crippen LogP contribution in [0.5, 0.6) is 11.5 Å². The molecule has 0 aliphatic heterocycles. The van der Waals surface area contributed by atoms with Crippen LogP contribution in [-0.4, -0.2) is 25.2 Å². The van der Waals surface area contributed by atoms with Gasteiger partial charge in [0.15, 0.2) is 11.5 Å². The molecule has 0 unspecified atom stereocenters. The Labute approximate surface area is 176 Å². The Hall–Kier alpha value is -3.71. The molecule has 0 aliphatic carbocycles. The molecule has 1 amide bonds. The molecule has 152 valence electrons. The van der Waals surface area contributed by atoms with Crippen molar-refractivity contribution in [1.82, 2.24) is 5.43 Å². The van der Waals surface area contributed by atoms with Crippen molar-refractivity contribution < 1.29 is 23.5 Å². The maximum Gasteiger partial charge on any atom is 0.345 e. The standard InChI is InChI=1S/C22H16ClFN2O4/c1-29-20-12-14(13-25-26-21(27)16-7-3-5-9-18(16)24)10-11-19(20)30-22(28)15-6-2-4-8-17(15)23/h2-13H,1H3,(H,26,27)/b25-13-. The Morgan fingerprint density at radius 3 is 2.40 bits per heavy atom. The second kappa shape index (κ2) is 9.67. The number of ether oxygens (including phenoxy) is 2. The topological polar surface area (TPSA) is 77.0 Å². The Kier molecular flexibility index (Phi) is 6.77. The highest BCUT2D eigenvalue weighted by Gasteiger charge is 2.15. The smallest absolute Gasteiger partial charge is 0.345 e. The fourth-order valence-electron chi connectivity index (χ4n) is 2.50. The maximum atomic E-state index is 13.6. The SMILES string of the molecule is COc1cc(/C=N\NC(=O)c2ccccc2F)ccc1OC(=O)c1ccccc1Cl. The van der Waals surface area contributed by atoms with Gasteiger partial charge in [0.1, 0.15) is 5.82 Å². The van der Waals surface area contributed by atoms with Crippen molar-refractivity contribution >= 4 is 29.7 Å². The molecule has 0 atom stereocenters. The predicted molar refractivity (Wildman–Crippen MR) is 111 cm³/mol. The minimum Gasteiger partial charge on any atom is -0.493 e. The van der Waals surface area contributed by atoms with Crippen LogP contribution >= 0.6 is 11.6 Å². The van der Waals surface area contributed by atoms with E-state index in [0.29, 0.717) is 5.56 Å². The molecule has 0 spiro atoms. The number of benzene rings is 3. The quantitative estimate of drug-likeness (QED) is 0.273. The predicted octanol–water partition coefficient (Wildman–Crippen LogP) is 4.47. The molecule has 6 nitrogen and oxygen atoms in total. The van der Waals surface area contributed by atoms with Crippen LogP contribution in [0.15, 0.2) is 71.8 Å². The summed E-state index contributed by atoms with van der Waals surface area (Å²) in [5.41, 5.74) is 2.91. The normalized spacial score (nSPS) is 10.6. The van der Waals surface area contributed by atoms with Crippen LogP contribution in [0.3, 0.4) is 0 Å². The lowest BCUT2D eigenvalue weighted by atomic mass is 10.2. The van der Waals surface area contributed by atoms with Gasteiger partial charge in [-0.25, -0.2) is 14.6 Å². The summed E-state index contributed by atoms with van der Waals surface area (Å²) in [4.78, 5) is 24.3. The number of nitrogens with zero attached hydrogens (tertiary/aromatic N) is 1. The van der Waals surface area contributed by atoms with Crippen LogP contribution in [0, 0.1) is 5.82 Å². The summed E-state index contributed by atoms with van der Waals surface area (Å²) in [6.07, 6.45) is 1.35. The molecule has 0 saturated heterocycles. The summed E-state index contributed by atoms with van der Waals surface area (Å²) in [6.45, 7) is 0. The average molecular weight is 427 g/mol. The highest BCUT2D eigenvalue weighted by molar-refractivity contribution is 6.33. The van der Waals surface area contributed by atoms with E-state index in [2.05, 4.69) is 10.5 Å². The molecule has 0 aliphatic rings. The van der Waals surface area contributed by atoms with E-state index in [1.807, 2.05) is 0 Å². The molecule has 3 aromatic rings. The number of hydrazone groups is 1. The summed E-state index contributed by atoms with van der Waals surface area (Å²) in [6, 6.07) is 16.8. The summed E-state index contributed by atoms with van der Waals surface area (Å²) in [5.74, 6) is -1.48. The van der Waals surface area contributed by atoms with E-state index in [9.17, 15) is 14.0 Å². The van der Waals surface area contributed by atoms with Crippen LogP contribution in [0.1, 0.15) is 26.3 Å². The van der Waals surface area contributed by atoms with Gasteiger partial charge in [-0.15, -0.1) is 0 Å². The van der Waals surface area contributed by atoms with Gasteiger partial charge in [-0.3, -0.25) is 4.79 Å². The van der Waals surface area contributed by atoms with E-state index in [1.165, 1.54) is 37.6 Å². The van der Waals surface area contributed by atoms with Gasteiger partial charge in [0.25, 0.3) is 5.91 Å². The molecule has 30 heavy (non-hydrogen) atoms. The van der Waals surface area contributed by atoms with Gasteiger partial charge >= 0.3 is 5.97 Å². The Balaban J connectivity index is 1.70. The highest BCUT2D eigenvalue weighted by Crippen LogP contribution is 2.29. The number of nitrogens with one attached hydrogen (secondary N) is 1. The van der Waals surface area contributed by atoms with E-state index in [0.717, 1.165) is 0 Å². The Bertz CT molecular complexity index is 1120. The van der Waals surface area contributed by atoms with E-state index in [1.54, 1.807) is 42.5 Å². The Morgan fingerprint density at radius 1 is 1.00 bits per heavy atom. The van der Waals surface area contributed by atoms with Gasteiger partial charge < -0.3 is 9.47 Å². The molecule has 3 rings (SSSR count). The Morgan fingerprint density at radius 2 is 1.70 bits per heavy atom. The molecule has 0 radical (unpaired) electrons. The third-order valence-corrected chi connectivity index (χ3v) is 4.31. The minimum absolute atomic E-state index is 0.117. The zero-order valence-corrected chi connectivity index (χ0v) is 16.5. The number of rotatable bonds is 6. The number of carbonyl (C=O) groups is 2. The molecular weight excluding hydrogens is 411 g/mol. The second-order valence-electron chi connectivity index (χ2n) is 5.96. The number of carbonyl (C=O) groups excluding carboxylic acids is 2. The molecule has 0 heterocycles.